The molecule has 0 saturated heterocycles. The fourth-order valence-electron chi connectivity index (χ4n) is 1.36. The Morgan fingerprint density at radius 1 is 1.24 bits per heavy atom. The Bertz CT molecular complexity index is 497. The van der Waals surface area contributed by atoms with Gasteiger partial charge in [-0.05, 0) is 65.4 Å². The summed E-state index contributed by atoms with van der Waals surface area (Å²) in [6.45, 7) is 1.71. The molecule has 0 aliphatic rings. The molecular weight excluding hydrogens is 329 g/mol. The molecular formula is C13H12INO2. The number of pyridine rings is 1. The fourth-order valence-corrected chi connectivity index (χ4v) is 1.72. The molecule has 88 valence electrons. The highest BCUT2D eigenvalue weighted by Crippen LogP contribution is 2.22. The molecule has 17 heavy (non-hydrogen) atoms. The largest absolute Gasteiger partial charge is 0.439 e. The van der Waals surface area contributed by atoms with Crippen LogP contribution in [0.1, 0.15) is 18.6 Å². The molecule has 2 aromatic rings. The maximum absolute atomic E-state index is 9.47. The Kier molecular flexibility index (Phi) is 3.96. The van der Waals surface area contributed by atoms with Gasteiger partial charge in [-0.15, -0.1) is 0 Å². The summed E-state index contributed by atoms with van der Waals surface area (Å²) in [6.07, 6.45) is 1.11. The van der Waals surface area contributed by atoms with Crippen molar-refractivity contribution >= 4 is 22.6 Å². The van der Waals surface area contributed by atoms with Crippen LogP contribution < -0.4 is 4.74 Å². The lowest BCUT2D eigenvalue weighted by Crippen LogP contribution is -1.94. The van der Waals surface area contributed by atoms with E-state index >= 15 is 0 Å². The molecule has 0 bridgehead atoms. The van der Waals surface area contributed by atoms with E-state index in [9.17, 15) is 5.11 Å². The van der Waals surface area contributed by atoms with Crippen molar-refractivity contribution in [2.24, 2.45) is 0 Å². The highest BCUT2D eigenvalue weighted by molar-refractivity contribution is 14.1. The molecule has 3 nitrogen and oxygen atoms in total. The van der Waals surface area contributed by atoms with Gasteiger partial charge in [0, 0.05) is 15.8 Å². The van der Waals surface area contributed by atoms with Crippen LogP contribution in [-0.4, -0.2) is 10.1 Å². The minimum atomic E-state index is -0.517. The van der Waals surface area contributed by atoms with Crippen molar-refractivity contribution in [3.05, 3.63) is 51.7 Å². The summed E-state index contributed by atoms with van der Waals surface area (Å²) in [5, 5.41) is 9.47. The Balaban J connectivity index is 2.18. The summed E-state index contributed by atoms with van der Waals surface area (Å²) in [6, 6.07) is 11.2. The van der Waals surface area contributed by atoms with Crippen molar-refractivity contribution in [3.8, 4) is 11.6 Å². The number of hydrogen-bond acceptors (Lipinski definition) is 3. The van der Waals surface area contributed by atoms with Crippen LogP contribution in [0.2, 0.25) is 0 Å². The fraction of sp³-hybridized carbons (Fsp3) is 0.154. The summed E-state index contributed by atoms with van der Waals surface area (Å²) in [4.78, 5) is 4.10. The second-order valence-electron chi connectivity index (χ2n) is 3.66. The Hall–Kier alpha value is -1.14. The van der Waals surface area contributed by atoms with Gasteiger partial charge in [0.25, 0.3) is 0 Å². The number of nitrogens with zero attached hydrogens (tertiary/aromatic N) is 1. The van der Waals surface area contributed by atoms with Crippen LogP contribution in [0.4, 0.5) is 0 Å². The Morgan fingerprint density at radius 3 is 2.59 bits per heavy atom. The van der Waals surface area contributed by atoms with Crippen LogP contribution in [0.3, 0.4) is 0 Å². The van der Waals surface area contributed by atoms with Crippen LogP contribution in [0.5, 0.6) is 11.6 Å². The minimum absolute atomic E-state index is 0.490. The zero-order chi connectivity index (χ0) is 12.3. The molecule has 0 aliphatic carbocycles. The predicted molar refractivity (Wildman–Crippen MR) is 74.1 cm³/mol. The monoisotopic (exact) mass is 341 g/mol. The summed E-state index contributed by atoms with van der Waals surface area (Å²) < 4.78 is 6.75. The first-order valence-electron chi connectivity index (χ1n) is 5.22. The molecule has 1 aromatic carbocycles. The van der Waals surface area contributed by atoms with E-state index in [4.69, 9.17) is 4.74 Å². The van der Waals surface area contributed by atoms with Crippen LogP contribution in [0.25, 0.3) is 0 Å². The van der Waals surface area contributed by atoms with E-state index in [1.807, 2.05) is 24.3 Å². The first-order valence-corrected chi connectivity index (χ1v) is 6.30. The summed E-state index contributed by atoms with van der Waals surface area (Å²) in [5.41, 5.74) is 0.792. The average Bonchev–Trinajstić information content (AvgIpc) is 2.32. The molecule has 0 radical (unpaired) electrons. The number of aromatic nitrogens is 1. The van der Waals surface area contributed by atoms with Crippen LogP contribution in [0, 0.1) is 3.57 Å². The number of aliphatic hydroxyl groups is 1. The molecule has 1 atom stereocenters. The number of aliphatic hydroxyl groups excluding tert-OH is 1. The number of rotatable bonds is 3. The molecule has 1 N–H and O–H groups in total. The number of halogens is 1. The highest BCUT2D eigenvalue weighted by atomic mass is 127. The maximum atomic E-state index is 9.47. The van der Waals surface area contributed by atoms with E-state index in [-0.39, 0.29) is 0 Å². The van der Waals surface area contributed by atoms with Gasteiger partial charge in [0.2, 0.25) is 5.88 Å². The van der Waals surface area contributed by atoms with Gasteiger partial charge in [0.1, 0.15) is 5.75 Å². The second-order valence-corrected chi connectivity index (χ2v) is 4.91. The molecule has 2 rings (SSSR count). The third-order valence-corrected chi connectivity index (χ3v) is 3.00. The molecule has 4 heteroatoms. The molecule has 0 saturated carbocycles. The predicted octanol–water partition coefficient (Wildman–Crippen LogP) is 3.53. The van der Waals surface area contributed by atoms with Crippen molar-refractivity contribution in [3.63, 3.8) is 0 Å². The summed E-state index contributed by atoms with van der Waals surface area (Å²) in [7, 11) is 0. The lowest BCUT2D eigenvalue weighted by Gasteiger charge is -2.08. The SMILES string of the molecule is C[C@@H](O)c1ccnc(Oc2ccc(I)cc2)c1. The minimum Gasteiger partial charge on any atom is -0.439 e. The molecule has 0 unspecified atom stereocenters. The first kappa shape index (κ1) is 12.3. The molecule has 0 fully saturated rings. The standard InChI is InChI=1S/C13H12INO2/c1-9(16)10-6-7-15-13(8-10)17-12-4-2-11(14)3-5-12/h2-9,16H,1H3/t9-/m1/s1. The van der Waals surface area contributed by atoms with Crippen molar-refractivity contribution in [1.29, 1.82) is 0 Å². The van der Waals surface area contributed by atoms with E-state index in [2.05, 4.69) is 27.6 Å². The zero-order valence-electron chi connectivity index (χ0n) is 9.30. The van der Waals surface area contributed by atoms with Gasteiger partial charge < -0.3 is 9.84 Å². The van der Waals surface area contributed by atoms with Gasteiger partial charge >= 0.3 is 0 Å². The van der Waals surface area contributed by atoms with Crippen molar-refractivity contribution < 1.29 is 9.84 Å². The lowest BCUT2D eigenvalue weighted by atomic mass is 10.2. The first-order chi connectivity index (χ1) is 8.15. The van der Waals surface area contributed by atoms with Gasteiger partial charge in [-0.25, -0.2) is 4.98 Å². The third-order valence-electron chi connectivity index (χ3n) is 2.28. The normalized spacial score (nSPS) is 12.2. The van der Waals surface area contributed by atoms with E-state index in [1.165, 1.54) is 0 Å². The quantitative estimate of drug-likeness (QED) is 0.869. The molecule has 0 aliphatic heterocycles. The molecule has 1 aromatic heterocycles. The van der Waals surface area contributed by atoms with E-state index < -0.39 is 6.10 Å². The topological polar surface area (TPSA) is 42.4 Å². The van der Waals surface area contributed by atoms with Crippen LogP contribution >= 0.6 is 22.6 Å². The maximum Gasteiger partial charge on any atom is 0.219 e. The van der Waals surface area contributed by atoms with Crippen molar-refractivity contribution in [2.75, 3.05) is 0 Å². The summed E-state index contributed by atoms with van der Waals surface area (Å²) in [5.74, 6) is 1.23. The Labute approximate surface area is 114 Å². The lowest BCUT2D eigenvalue weighted by molar-refractivity contribution is 0.198. The van der Waals surface area contributed by atoms with E-state index in [1.54, 1.807) is 25.3 Å². The van der Waals surface area contributed by atoms with Gasteiger partial charge in [-0.3, -0.25) is 0 Å². The number of ether oxygens (including phenoxy) is 1. The summed E-state index contributed by atoms with van der Waals surface area (Å²) >= 11 is 2.24. The highest BCUT2D eigenvalue weighted by Gasteiger charge is 2.04. The number of benzene rings is 1. The number of hydrogen-bond donors (Lipinski definition) is 1. The molecule has 0 spiro atoms. The van der Waals surface area contributed by atoms with E-state index in [0.717, 1.165) is 14.9 Å². The van der Waals surface area contributed by atoms with Crippen molar-refractivity contribution in [1.82, 2.24) is 4.98 Å². The van der Waals surface area contributed by atoms with Crippen LogP contribution in [-0.2, 0) is 0 Å². The smallest absolute Gasteiger partial charge is 0.219 e. The average molecular weight is 341 g/mol. The van der Waals surface area contributed by atoms with Gasteiger partial charge in [0.15, 0.2) is 0 Å². The molecule has 0 amide bonds. The third kappa shape index (κ3) is 3.41. The van der Waals surface area contributed by atoms with Crippen molar-refractivity contribution in [2.45, 2.75) is 13.0 Å². The Morgan fingerprint density at radius 2 is 1.94 bits per heavy atom. The van der Waals surface area contributed by atoms with Gasteiger partial charge in [-0.2, -0.15) is 0 Å². The second kappa shape index (κ2) is 5.46. The van der Waals surface area contributed by atoms with Crippen LogP contribution in [0.15, 0.2) is 42.6 Å². The molecule has 1 heterocycles. The van der Waals surface area contributed by atoms with E-state index in [0.29, 0.717) is 5.88 Å². The zero-order valence-corrected chi connectivity index (χ0v) is 11.5. The van der Waals surface area contributed by atoms with Gasteiger partial charge in [0.05, 0.1) is 6.10 Å². The van der Waals surface area contributed by atoms with Gasteiger partial charge in [-0.1, -0.05) is 0 Å².